The molecule has 1 aliphatic heterocycles. The van der Waals surface area contributed by atoms with Gasteiger partial charge in [-0.2, -0.15) is 0 Å². The topological polar surface area (TPSA) is 516 Å². The standard InChI is InChI=1S/C61H98N18O15/c1-37(2)32-46(75-55(88)43(20-21-51(83)84)72-57(90)47(34-40-16-18-41(80)19-17-40)70-50(82)36-79-27-25-78(26-28-79)24-11-29-94-31-30-93-5)56(89)76-48(33-39-12-7-6-8-13-39)58(91)73-44(15-10-23-69-61(66)67)59(92)77(4)38(3)53(86)71-42(14-9-22-68-60(64)65)54(87)74-45(52(63)85)35-49(62)81/h6-8,12-13,16-19,37-38,42-48,80H,9-11,14-15,20-36H2,1-5H3,(H2,62,81)(H2,63,85)(H,70,82)(H,71,86)(H,72,90)(H,73,91)(H,74,87)(H,75,88)(H,76,89)(H,83,84)(H4,64,65,68)(H4,66,67,69)/t38-,42-,43-,44-,45-,46-,47-,48-/m0/s1. The molecule has 1 aliphatic rings. The molecule has 2 aromatic rings. The number of nitrogens with two attached hydrogens (primary N) is 4. The number of rotatable bonds is 44. The number of methoxy groups -OCH3 is 1. The minimum Gasteiger partial charge on any atom is -0.508 e. The maximum Gasteiger partial charge on any atom is 0.303 e. The maximum absolute atomic E-state index is 14.8. The Kier molecular flexibility index (Phi) is 35.4. The Morgan fingerprint density at radius 1 is 0.574 bits per heavy atom. The third-order valence-electron chi connectivity index (χ3n) is 15.2. The number of carboxylic acids is 1. The summed E-state index contributed by atoms with van der Waals surface area (Å²) in [4.78, 5) is 155. The van der Waals surface area contributed by atoms with Gasteiger partial charge in [0.1, 0.15) is 54.1 Å². The van der Waals surface area contributed by atoms with Crippen molar-refractivity contribution in [1.82, 2.24) is 62.6 Å². The number of carboxylic acid groups (broad SMARTS) is 1. The molecule has 0 aliphatic carbocycles. The quantitative estimate of drug-likeness (QED) is 0.0170. The van der Waals surface area contributed by atoms with Crippen molar-refractivity contribution >= 4 is 77.0 Å². The molecule has 94 heavy (non-hydrogen) atoms. The van der Waals surface area contributed by atoms with Crippen LogP contribution in [-0.2, 0) is 75.1 Å². The lowest BCUT2D eigenvalue weighted by Gasteiger charge is -2.34. The second-order valence-corrected chi connectivity index (χ2v) is 23.3. The molecule has 0 radical (unpaired) electrons. The first-order valence-corrected chi connectivity index (χ1v) is 31.2. The third kappa shape index (κ3) is 30.9. The Hall–Kier alpha value is -9.21. The van der Waals surface area contributed by atoms with Crippen molar-refractivity contribution in [2.75, 3.05) is 86.3 Å². The number of ether oxygens (including phenoxy) is 2. The van der Waals surface area contributed by atoms with E-state index < -0.39 is 133 Å². The highest BCUT2D eigenvalue weighted by molar-refractivity contribution is 5.98. The summed E-state index contributed by atoms with van der Waals surface area (Å²) in [7, 11) is 2.87. The summed E-state index contributed by atoms with van der Waals surface area (Å²) in [5, 5.41) is 58.5. The first-order valence-electron chi connectivity index (χ1n) is 31.2. The maximum atomic E-state index is 14.8. The van der Waals surface area contributed by atoms with Gasteiger partial charge in [-0.1, -0.05) is 56.3 Å². The molecule has 3 rings (SSSR count). The first-order chi connectivity index (χ1) is 44.6. The van der Waals surface area contributed by atoms with Crippen LogP contribution < -0.4 is 70.8 Å². The number of likely N-dealkylation sites (N-methyl/N-ethyl adjacent to an activating group) is 1. The van der Waals surface area contributed by atoms with Crippen LogP contribution in [0.25, 0.3) is 0 Å². The molecule has 1 heterocycles. The molecule has 2 aromatic carbocycles. The highest BCUT2D eigenvalue weighted by atomic mass is 16.5. The molecule has 33 heteroatoms. The number of carbonyl (C=O) groups is 11. The van der Waals surface area contributed by atoms with E-state index in [4.69, 9.17) is 43.2 Å². The van der Waals surface area contributed by atoms with Gasteiger partial charge >= 0.3 is 5.97 Å². The van der Waals surface area contributed by atoms with Gasteiger partial charge in [-0.25, -0.2) is 0 Å². The fourth-order valence-electron chi connectivity index (χ4n) is 9.90. The van der Waals surface area contributed by atoms with E-state index >= 15 is 0 Å². The molecule has 0 saturated carbocycles. The number of phenolic OH excluding ortho intramolecular Hbond substituents is 1. The molecule has 1 fully saturated rings. The van der Waals surface area contributed by atoms with Crippen LogP contribution in [0.4, 0.5) is 0 Å². The minimum atomic E-state index is -1.58. The zero-order valence-corrected chi connectivity index (χ0v) is 54.3. The number of piperazine rings is 1. The van der Waals surface area contributed by atoms with Gasteiger partial charge in [0.15, 0.2) is 11.9 Å². The van der Waals surface area contributed by atoms with Gasteiger partial charge in [0.2, 0.25) is 59.1 Å². The second-order valence-electron chi connectivity index (χ2n) is 23.3. The van der Waals surface area contributed by atoms with Crippen molar-refractivity contribution in [3.05, 3.63) is 65.7 Å². The number of nitrogens with one attached hydrogen (secondary N) is 11. The predicted octanol–water partition coefficient (Wildman–Crippen LogP) is -4.11. The van der Waals surface area contributed by atoms with E-state index in [-0.39, 0.29) is 88.2 Å². The summed E-state index contributed by atoms with van der Waals surface area (Å²) in [6.07, 6.45) is -1.20. The van der Waals surface area contributed by atoms with Crippen molar-refractivity contribution < 1.29 is 72.4 Å². The van der Waals surface area contributed by atoms with Crippen LogP contribution in [0.15, 0.2) is 54.6 Å². The van der Waals surface area contributed by atoms with E-state index in [0.717, 1.165) is 17.9 Å². The number of aliphatic carboxylic acids is 1. The largest absolute Gasteiger partial charge is 0.508 e. The summed E-state index contributed by atoms with van der Waals surface area (Å²) in [6, 6.07) is 2.85. The molecule has 10 amide bonds. The monoisotopic (exact) mass is 1320 g/mol. The van der Waals surface area contributed by atoms with Crippen molar-refractivity contribution in [2.45, 2.75) is 140 Å². The van der Waals surface area contributed by atoms with Crippen molar-refractivity contribution in [2.24, 2.45) is 28.9 Å². The summed E-state index contributed by atoms with van der Waals surface area (Å²) < 4.78 is 10.6. The second kappa shape index (κ2) is 42.1. The lowest BCUT2D eigenvalue weighted by Crippen LogP contribution is -2.60. The van der Waals surface area contributed by atoms with Crippen molar-refractivity contribution in [3.63, 3.8) is 0 Å². The van der Waals surface area contributed by atoms with Gasteiger partial charge in [-0.3, -0.25) is 68.5 Å². The number of hydrogen-bond acceptors (Lipinski definition) is 18. The van der Waals surface area contributed by atoms with Gasteiger partial charge in [-0.05, 0) is 81.0 Å². The summed E-state index contributed by atoms with van der Waals surface area (Å²) in [6.45, 7) is 9.85. The van der Waals surface area contributed by atoms with E-state index in [0.29, 0.717) is 57.1 Å². The molecular weight excluding hydrogens is 1220 g/mol. The van der Waals surface area contributed by atoms with Gasteiger partial charge < -0.3 is 100 Å². The fraction of sp³-hybridized carbons (Fsp3) is 0.590. The average molecular weight is 1320 g/mol. The first kappa shape index (κ1) is 79.0. The SMILES string of the molecule is COCCOCCCN1CCN(CC(=O)N[C@@H](Cc2ccc(O)cc2)C(=O)N[C@@H](CCC(=O)O)C(=O)N[C@@H](CC(C)C)C(=O)N[C@@H](Cc2ccccc2)C(=O)N[C@@H](CCCNC(=N)N)C(=O)N(C)[C@@H](C)C(=O)N[C@@H](CCCNC(=N)N)C(=O)N[C@@H](CC(N)=O)C(N)=O)CC1. The molecule has 0 aromatic heterocycles. The average Bonchev–Trinajstić information content (AvgIpc) is 1.19. The van der Waals surface area contributed by atoms with E-state index in [1.54, 1.807) is 63.4 Å². The smallest absolute Gasteiger partial charge is 0.303 e. The zero-order chi connectivity index (χ0) is 69.9. The molecule has 0 bridgehead atoms. The Morgan fingerprint density at radius 3 is 1.60 bits per heavy atom. The Labute approximate surface area is 547 Å². The molecule has 0 unspecified atom stereocenters. The highest BCUT2D eigenvalue weighted by Gasteiger charge is 2.37. The number of nitrogens with zero attached hydrogens (tertiary/aromatic N) is 3. The normalized spacial score (nSPS) is 15.0. The molecule has 33 nitrogen and oxygen atoms in total. The highest BCUT2D eigenvalue weighted by Crippen LogP contribution is 2.15. The van der Waals surface area contributed by atoms with Gasteiger partial charge in [0, 0.05) is 85.8 Å². The molecular formula is C61H98N18O15. The van der Waals surface area contributed by atoms with Gasteiger partial charge in [0.25, 0.3) is 0 Å². The Morgan fingerprint density at radius 2 is 1.05 bits per heavy atom. The number of guanidine groups is 2. The molecule has 21 N–H and O–H groups in total. The van der Waals surface area contributed by atoms with Crippen molar-refractivity contribution in [1.29, 1.82) is 10.8 Å². The van der Waals surface area contributed by atoms with E-state index in [9.17, 15) is 63.0 Å². The van der Waals surface area contributed by atoms with Crippen LogP contribution in [0.5, 0.6) is 5.75 Å². The van der Waals surface area contributed by atoms with Crippen LogP contribution in [0.2, 0.25) is 0 Å². The Balaban J connectivity index is 1.92. The molecule has 1 saturated heterocycles. The summed E-state index contributed by atoms with van der Waals surface area (Å²) in [5.41, 5.74) is 22.6. The number of phenols is 1. The van der Waals surface area contributed by atoms with Crippen molar-refractivity contribution in [3.8, 4) is 5.75 Å². The molecule has 0 spiro atoms. The number of hydrogen-bond donors (Lipinski definition) is 17. The number of primary amides is 2. The van der Waals surface area contributed by atoms with E-state index in [1.807, 2.05) is 4.90 Å². The lowest BCUT2D eigenvalue weighted by atomic mass is 9.99. The fourth-order valence-corrected chi connectivity index (χ4v) is 9.90. The third-order valence-corrected chi connectivity index (χ3v) is 15.2. The predicted molar refractivity (Wildman–Crippen MR) is 346 cm³/mol. The Bertz CT molecular complexity index is 2830. The van der Waals surface area contributed by atoms with Gasteiger partial charge in [-0.15, -0.1) is 0 Å². The minimum absolute atomic E-state index is 0.0418. The number of amides is 10. The molecule has 522 valence electrons. The summed E-state index contributed by atoms with van der Waals surface area (Å²) in [5.74, 6) is -11.2. The zero-order valence-electron chi connectivity index (χ0n) is 54.3. The number of carbonyl (C=O) groups excluding carboxylic acids is 10. The van der Waals surface area contributed by atoms with Crippen LogP contribution >= 0.6 is 0 Å². The van der Waals surface area contributed by atoms with Crippen LogP contribution in [0, 0.1) is 16.7 Å². The molecule has 8 atom stereocenters. The van der Waals surface area contributed by atoms with Crippen LogP contribution in [0.3, 0.4) is 0 Å². The lowest BCUT2D eigenvalue weighted by molar-refractivity contribution is -0.142. The number of aromatic hydroxyl groups is 1. The number of benzene rings is 2. The van der Waals surface area contributed by atoms with Crippen LogP contribution in [0.1, 0.15) is 89.7 Å². The van der Waals surface area contributed by atoms with Gasteiger partial charge in [0.05, 0.1) is 26.2 Å². The van der Waals surface area contributed by atoms with Crippen LogP contribution in [-0.4, -0.2) is 237 Å². The van der Waals surface area contributed by atoms with E-state index in [1.165, 1.54) is 26.1 Å². The van der Waals surface area contributed by atoms with E-state index in [2.05, 4.69) is 52.8 Å². The summed E-state index contributed by atoms with van der Waals surface area (Å²) >= 11 is 0.